The predicted octanol–water partition coefficient (Wildman–Crippen LogP) is 4.62. The highest BCUT2D eigenvalue weighted by Gasteiger charge is 2.16. The first-order valence-electron chi connectivity index (χ1n) is 9.64. The lowest BCUT2D eigenvalue weighted by molar-refractivity contribution is -0.113. The number of benzene rings is 2. The molecule has 0 fully saturated rings. The van der Waals surface area contributed by atoms with Crippen LogP contribution in [0.5, 0.6) is 0 Å². The van der Waals surface area contributed by atoms with E-state index in [1.54, 1.807) is 10.9 Å². The second-order valence-corrected chi connectivity index (χ2v) is 8.08. The summed E-state index contributed by atoms with van der Waals surface area (Å²) < 4.78 is 3.67. The van der Waals surface area contributed by atoms with Crippen molar-refractivity contribution in [3.8, 4) is 16.9 Å². The summed E-state index contributed by atoms with van der Waals surface area (Å²) in [4.78, 5) is 16.9. The van der Waals surface area contributed by atoms with E-state index in [4.69, 9.17) is 5.10 Å². The zero-order valence-electron chi connectivity index (χ0n) is 17.2. The van der Waals surface area contributed by atoms with Crippen molar-refractivity contribution < 1.29 is 4.79 Å². The Morgan fingerprint density at radius 2 is 1.90 bits per heavy atom. The lowest BCUT2D eigenvalue weighted by Crippen LogP contribution is -2.17. The van der Waals surface area contributed by atoms with Gasteiger partial charge in [-0.15, -0.1) is 0 Å². The number of nitrogens with zero attached hydrogens (tertiary/aromatic N) is 4. The Labute approximate surface area is 180 Å². The molecule has 2 heterocycles. The zero-order valence-corrected chi connectivity index (χ0v) is 18.0. The molecule has 4 rings (SSSR count). The van der Waals surface area contributed by atoms with Gasteiger partial charge in [-0.05, 0) is 37.6 Å². The van der Waals surface area contributed by atoms with Crippen LogP contribution in [0, 0.1) is 13.8 Å². The number of imidazole rings is 1. The van der Waals surface area contributed by atoms with Gasteiger partial charge in [-0.1, -0.05) is 47.7 Å². The maximum atomic E-state index is 12.7. The highest BCUT2D eigenvalue weighted by atomic mass is 32.2. The number of aromatic nitrogens is 4. The number of aryl methyl sites for hydroxylation is 3. The van der Waals surface area contributed by atoms with E-state index in [2.05, 4.69) is 42.3 Å². The fourth-order valence-corrected chi connectivity index (χ4v) is 3.91. The molecule has 0 spiro atoms. The number of carbonyl (C=O) groups is 1. The first kappa shape index (κ1) is 20.0. The third kappa shape index (κ3) is 4.31. The lowest BCUT2D eigenvalue weighted by Gasteiger charge is -2.08. The molecule has 2 aromatic heterocycles. The quantitative estimate of drug-likeness (QED) is 0.465. The van der Waals surface area contributed by atoms with E-state index in [9.17, 15) is 4.79 Å². The van der Waals surface area contributed by atoms with Crippen molar-refractivity contribution in [2.75, 3.05) is 11.1 Å². The molecule has 0 radical (unpaired) electrons. The third-order valence-corrected chi connectivity index (χ3v) is 5.81. The molecule has 0 saturated carbocycles. The minimum atomic E-state index is -0.104. The monoisotopic (exact) mass is 417 g/mol. The average Bonchev–Trinajstić information content (AvgIpc) is 3.35. The van der Waals surface area contributed by atoms with Crippen LogP contribution in [-0.4, -0.2) is 31.0 Å². The Kier molecular flexibility index (Phi) is 5.72. The van der Waals surface area contributed by atoms with Crippen molar-refractivity contribution in [1.82, 2.24) is 19.3 Å². The normalized spacial score (nSPS) is 10.9. The number of carbonyl (C=O) groups excluding carboxylic acids is 1. The van der Waals surface area contributed by atoms with E-state index in [0.29, 0.717) is 5.82 Å². The molecule has 1 amide bonds. The van der Waals surface area contributed by atoms with Gasteiger partial charge in [0.15, 0.2) is 5.16 Å². The molecule has 7 heteroatoms. The van der Waals surface area contributed by atoms with Crippen molar-refractivity contribution in [2.45, 2.75) is 19.0 Å². The van der Waals surface area contributed by atoms with Crippen LogP contribution in [-0.2, 0) is 11.8 Å². The summed E-state index contributed by atoms with van der Waals surface area (Å²) >= 11 is 1.40. The molecule has 0 bridgehead atoms. The van der Waals surface area contributed by atoms with E-state index in [-0.39, 0.29) is 11.7 Å². The molecule has 0 unspecified atom stereocenters. The molecule has 0 aliphatic rings. The van der Waals surface area contributed by atoms with E-state index in [1.807, 2.05) is 54.2 Å². The van der Waals surface area contributed by atoms with Crippen LogP contribution >= 0.6 is 11.8 Å². The molecule has 30 heavy (non-hydrogen) atoms. The van der Waals surface area contributed by atoms with Gasteiger partial charge in [-0.25, -0.2) is 9.67 Å². The molecule has 2 aromatic carbocycles. The highest BCUT2D eigenvalue weighted by molar-refractivity contribution is 7.99. The van der Waals surface area contributed by atoms with Crippen molar-refractivity contribution >= 4 is 23.5 Å². The van der Waals surface area contributed by atoms with Crippen LogP contribution < -0.4 is 5.32 Å². The van der Waals surface area contributed by atoms with Gasteiger partial charge in [0, 0.05) is 31.1 Å². The Balaban J connectivity index is 1.64. The Morgan fingerprint density at radius 1 is 1.10 bits per heavy atom. The van der Waals surface area contributed by atoms with Gasteiger partial charge in [0.25, 0.3) is 0 Å². The lowest BCUT2D eigenvalue weighted by atomic mass is 10.0. The summed E-state index contributed by atoms with van der Waals surface area (Å²) in [7, 11) is 1.91. The topological polar surface area (TPSA) is 64.7 Å². The molecule has 6 nitrogen and oxygen atoms in total. The summed E-state index contributed by atoms with van der Waals surface area (Å²) in [6, 6.07) is 18.0. The summed E-state index contributed by atoms with van der Waals surface area (Å²) in [5, 5.41) is 8.63. The van der Waals surface area contributed by atoms with Gasteiger partial charge in [-0.3, -0.25) is 4.79 Å². The fraction of sp³-hybridized carbons (Fsp3) is 0.174. The second-order valence-electron chi connectivity index (χ2n) is 7.14. The fourth-order valence-electron chi connectivity index (χ4n) is 3.18. The zero-order chi connectivity index (χ0) is 21.1. The SMILES string of the molecule is Cc1ccc(C)c(-c2cc(NC(=O)CSc3nccn3C)n(-c3ccccc3)n2)c1. The van der Waals surface area contributed by atoms with Crippen LogP contribution in [0.4, 0.5) is 5.82 Å². The van der Waals surface area contributed by atoms with Gasteiger partial charge in [0.05, 0.1) is 17.1 Å². The van der Waals surface area contributed by atoms with E-state index in [0.717, 1.165) is 27.7 Å². The molecule has 4 aromatic rings. The summed E-state index contributed by atoms with van der Waals surface area (Å²) in [5.41, 5.74) is 5.08. The molecule has 1 N–H and O–H groups in total. The number of nitrogens with one attached hydrogen (secondary N) is 1. The highest BCUT2D eigenvalue weighted by Crippen LogP contribution is 2.28. The maximum Gasteiger partial charge on any atom is 0.236 e. The maximum absolute atomic E-state index is 12.7. The van der Waals surface area contributed by atoms with Crippen LogP contribution in [0.25, 0.3) is 16.9 Å². The number of para-hydroxylation sites is 1. The number of anilines is 1. The van der Waals surface area contributed by atoms with Crippen LogP contribution in [0.15, 0.2) is 72.1 Å². The first-order chi connectivity index (χ1) is 14.5. The Morgan fingerprint density at radius 3 is 2.63 bits per heavy atom. The molecule has 152 valence electrons. The van der Waals surface area contributed by atoms with E-state index >= 15 is 0 Å². The van der Waals surface area contributed by atoms with E-state index < -0.39 is 0 Å². The number of hydrogen-bond donors (Lipinski definition) is 1. The third-order valence-electron chi connectivity index (χ3n) is 4.76. The number of thioether (sulfide) groups is 1. The summed E-state index contributed by atoms with van der Waals surface area (Å²) in [6.45, 7) is 4.13. The Hall–Kier alpha value is -3.32. The van der Waals surface area contributed by atoms with Crippen LogP contribution in [0.2, 0.25) is 0 Å². The van der Waals surface area contributed by atoms with Gasteiger partial charge in [0.1, 0.15) is 5.82 Å². The van der Waals surface area contributed by atoms with E-state index in [1.165, 1.54) is 17.3 Å². The van der Waals surface area contributed by atoms with Crippen molar-refractivity contribution in [2.24, 2.45) is 7.05 Å². The van der Waals surface area contributed by atoms with Gasteiger partial charge in [0.2, 0.25) is 5.91 Å². The smallest absolute Gasteiger partial charge is 0.236 e. The molecule has 0 aliphatic heterocycles. The summed E-state index contributed by atoms with van der Waals surface area (Å²) in [6.07, 6.45) is 3.59. The first-order valence-corrected chi connectivity index (χ1v) is 10.6. The standard InChI is InChI=1S/C23H23N5OS/c1-16-9-10-17(2)19(13-16)20-14-21(28(26-20)18-7-5-4-6-8-18)25-22(29)15-30-23-24-11-12-27(23)3/h4-14H,15H2,1-3H3,(H,25,29). The van der Waals surface area contributed by atoms with Crippen LogP contribution in [0.3, 0.4) is 0 Å². The van der Waals surface area contributed by atoms with Crippen molar-refractivity contribution in [3.05, 3.63) is 78.1 Å². The van der Waals surface area contributed by atoms with Crippen molar-refractivity contribution in [1.29, 1.82) is 0 Å². The van der Waals surface area contributed by atoms with Gasteiger partial charge in [-0.2, -0.15) is 5.10 Å². The molecule has 0 saturated heterocycles. The molecular formula is C23H23N5OS. The van der Waals surface area contributed by atoms with Gasteiger partial charge < -0.3 is 9.88 Å². The predicted molar refractivity (Wildman–Crippen MR) is 121 cm³/mol. The summed E-state index contributed by atoms with van der Waals surface area (Å²) in [5.74, 6) is 0.805. The van der Waals surface area contributed by atoms with Crippen molar-refractivity contribution in [3.63, 3.8) is 0 Å². The molecule has 0 aliphatic carbocycles. The number of hydrogen-bond acceptors (Lipinski definition) is 4. The second kappa shape index (κ2) is 8.59. The minimum Gasteiger partial charge on any atom is -0.329 e. The average molecular weight is 418 g/mol. The minimum absolute atomic E-state index is 0.104. The van der Waals surface area contributed by atoms with Gasteiger partial charge >= 0.3 is 0 Å². The Bertz CT molecular complexity index is 1180. The number of amides is 1. The van der Waals surface area contributed by atoms with Crippen LogP contribution in [0.1, 0.15) is 11.1 Å². The number of rotatable bonds is 6. The molecular weight excluding hydrogens is 394 g/mol. The molecule has 0 atom stereocenters. The largest absolute Gasteiger partial charge is 0.329 e.